The highest BCUT2D eigenvalue weighted by molar-refractivity contribution is 5.66. The van der Waals surface area contributed by atoms with Crippen LogP contribution in [0.4, 0.5) is 0 Å². The van der Waals surface area contributed by atoms with E-state index in [0.29, 0.717) is 0 Å². The number of carbonyl (C=O) groups excluding carboxylic acids is 1. The molecular formula is C10H16O3. The van der Waals surface area contributed by atoms with Crippen molar-refractivity contribution >= 4 is 5.97 Å². The Bertz CT molecular complexity index is 198. The summed E-state index contributed by atoms with van der Waals surface area (Å²) in [6, 6.07) is 0. The number of rotatable bonds is 1. The lowest BCUT2D eigenvalue weighted by Crippen LogP contribution is -2.16. The molecule has 0 fully saturated rings. The van der Waals surface area contributed by atoms with Crippen LogP contribution in [0.1, 0.15) is 32.6 Å². The molecule has 2 atom stereocenters. The molecule has 0 saturated carbocycles. The smallest absolute Gasteiger partial charge is 0.303 e. The Hall–Kier alpha value is -0.830. The standard InChI is InChI=1S/C10H16O3/c1-8(11)13-10-5-3-2-4-9(12)6-7-10/h6-7,9-10,12H,2-5H2,1H3/b7-6-. The maximum absolute atomic E-state index is 10.7. The van der Waals surface area contributed by atoms with E-state index < -0.39 is 0 Å². The lowest BCUT2D eigenvalue weighted by Gasteiger charge is -2.16. The van der Waals surface area contributed by atoms with Crippen molar-refractivity contribution in [3.8, 4) is 0 Å². The van der Waals surface area contributed by atoms with E-state index in [1.54, 1.807) is 12.2 Å². The summed E-state index contributed by atoms with van der Waals surface area (Å²) >= 11 is 0. The summed E-state index contributed by atoms with van der Waals surface area (Å²) in [6.07, 6.45) is 6.64. The van der Waals surface area contributed by atoms with Gasteiger partial charge in [0.05, 0.1) is 6.10 Å². The van der Waals surface area contributed by atoms with Gasteiger partial charge in [-0.2, -0.15) is 0 Å². The van der Waals surface area contributed by atoms with Gasteiger partial charge in [-0.1, -0.05) is 12.5 Å². The van der Waals surface area contributed by atoms with Crippen molar-refractivity contribution in [3.05, 3.63) is 12.2 Å². The van der Waals surface area contributed by atoms with E-state index in [1.807, 2.05) is 0 Å². The summed E-state index contributed by atoms with van der Waals surface area (Å²) in [5.74, 6) is -0.260. The average Bonchev–Trinajstić information content (AvgIpc) is 2.03. The molecule has 0 aromatic heterocycles. The highest BCUT2D eigenvalue weighted by Gasteiger charge is 2.11. The Morgan fingerprint density at radius 1 is 1.38 bits per heavy atom. The van der Waals surface area contributed by atoms with Gasteiger partial charge in [-0.05, 0) is 25.3 Å². The Balaban J connectivity index is 2.47. The van der Waals surface area contributed by atoms with Crippen LogP contribution in [0.3, 0.4) is 0 Å². The second kappa shape index (κ2) is 5.02. The van der Waals surface area contributed by atoms with E-state index in [2.05, 4.69) is 0 Å². The minimum absolute atomic E-state index is 0.146. The molecule has 1 aliphatic carbocycles. The number of hydrogen-bond acceptors (Lipinski definition) is 3. The summed E-state index contributed by atoms with van der Waals surface area (Å²) < 4.78 is 5.04. The predicted octanol–water partition coefficient (Wildman–Crippen LogP) is 1.41. The van der Waals surface area contributed by atoms with E-state index in [9.17, 15) is 9.90 Å². The van der Waals surface area contributed by atoms with Crippen LogP contribution >= 0.6 is 0 Å². The molecule has 0 amide bonds. The molecule has 0 heterocycles. The van der Waals surface area contributed by atoms with E-state index in [4.69, 9.17) is 4.74 Å². The van der Waals surface area contributed by atoms with Gasteiger partial charge in [-0.3, -0.25) is 4.79 Å². The quantitative estimate of drug-likeness (QED) is 0.495. The summed E-state index contributed by atoms with van der Waals surface area (Å²) in [7, 11) is 0. The third kappa shape index (κ3) is 4.08. The van der Waals surface area contributed by atoms with Crippen LogP contribution in [-0.4, -0.2) is 23.3 Å². The van der Waals surface area contributed by atoms with Gasteiger partial charge >= 0.3 is 5.97 Å². The molecule has 0 saturated heterocycles. The zero-order chi connectivity index (χ0) is 9.68. The lowest BCUT2D eigenvalue weighted by atomic mass is 10.0. The van der Waals surface area contributed by atoms with Crippen molar-refractivity contribution in [1.29, 1.82) is 0 Å². The van der Waals surface area contributed by atoms with Crippen LogP contribution in [0.2, 0.25) is 0 Å². The highest BCUT2D eigenvalue weighted by atomic mass is 16.5. The average molecular weight is 184 g/mol. The molecule has 3 heteroatoms. The topological polar surface area (TPSA) is 46.5 Å². The molecule has 0 radical (unpaired) electrons. The molecule has 1 rings (SSSR count). The van der Waals surface area contributed by atoms with E-state index in [0.717, 1.165) is 25.7 Å². The maximum Gasteiger partial charge on any atom is 0.303 e. The third-order valence-electron chi connectivity index (χ3n) is 2.10. The number of carbonyl (C=O) groups is 1. The van der Waals surface area contributed by atoms with Crippen LogP contribution < -0.4 is 0 Å². The number of ether oxygens (including phenoxy) is 1. The van der Waals surface area contributed by atoms with Crippen LogP contribution in [0.15, 0.2) is 12.2 Å². The molecule has 1 N–H and O–H groups in total. The SMILES string of the molecule is CC(=O)OC1/C=C\C(O)CCCC1. The molecule has 0 bridgehead atoms. The second-order valence-electron chi connectivity index (χ2n) is 3.38. The van der Waals surface area contributed by atoms with Crippen molar-refractivity contribution in [2.75, 3.05) is 0 Å². The molecule has 0 aromatic rings. The molecular weight excluding hydrogens is 168 g/mol. The molecule has 3 nitrogen and oxygen atoms in total. The normalized spacial score (nSPS) is 31.5. The van der Waals surface area contributed by atoms with Crippen molar-refractivity contribution in [2.24, 2.45) is 0 Å². The fourth-order valence-corrected chi connectivity index (χ4v) is 1.46. The minimum atomic E-state index is -0.377. The Labute approximate surface area is 78.4 Å². The van der Waals surface area contributed by atoms with Gasteiger partial charge in [0, 0.05) is 6.92 Å². The van der Waals surface area contributed by atoms with Crippen molar-refractivity contribution in [1.82, 2.24) is 0 Å². The fraction of sp³-hybridized carbons (Fsp3) is 0.700. The van der Waals surface area contributed by atoms with E-state index in [-0.39, 0.29) is 18.2 Å². The Morgan fingerprint density at radius 3 is 2.77 bits per heavy atom. The zero-order valence-corrected chi connectivity index (χ0v) is 7.90. The summed E-state index contributed by atoms with van der Waals surface area (Å²) in [5, 5.41) is 9.34. The van der Waals surface area contributed by atoms with Crippen molar-refractivity contribution in [3.63, 3.8) is 0 Å². The molecule has 74 valence electrons. The van der Waals surface area contributed by atoms with Crippen LogP contribution in [0.5, 0.6) is 0 Å². The monoisotopic (exact) mass is 184 g/mol. The summed E-state index contributed by atoms with van der Waals surface area (Å²) in [6.45, 7) is 1.41. The van der Waals surface area contributed by atoms with Gasteiger partial charge in [0.1, 0.15) is 6.10 Å². The summed E-state index contributed by atoms with van der Waals surface area (Å²) in [4.78, 5) is 10.7. The Kier molecular flexibility index (Phi) is 3.96. The number of esters is 1. The van der Waals surface area contributed by atoms with Gasteiger partial charge in [-0.15, -0.1) is 0 Å². The molecule has 13 heavy (non-hydrogen) atoms. The largest absolute Gasteiger partial charge is 0.458 e. The fourth-order valence-electron chi connectivity index (χ4n) is 1.46. The first kappa shape index (κ1) is 10.3. The van der Waals surface area contributed by atoms with Gasteiger partial charge in [0.25, 0.3) is 0 Å². The maximum atomic E-state index is 10.7. The lowest BCUT2D eigenvalue weighted by molar-refractivity contribution is -0.144. The Morgan fingerprint density at radius 2 is 2.08 bits per heavy atom. The second-order valence-corrected chi connectivity index (χ2v) is 3.38. The minimum Gasteiger partial charge on any atom is -0.458 e. The number of hydrogen-bond donors (Lipinski definition) is 1. The van der Waals surface area contributed by atoms with Crippen molar-refractivity contribution < 1.29 is 14.6 Å². The van der Waals surface area contributed by atoms with Crippen molar-refractivity contribution in [2.45, 2.75) is 44.8 Å². The highest BCUT2D eigenvalue weighted by Crippen LogP contribution is 2.14. The number of aliphatic hydroxyl groups excluding tert-OH is 1. The third-order valence-corrected chi connectivity index (χ3v) is 2.10. The molecule has 0 aliphatic heterocycles. The van der Waals surface area contributed by atoms with Gasteiger partial charge in [0.15, 0.2) is 0 Å². The van der Waals surface area contributed by atoms with Gasteiger partial charge < -0.3 is 9.84 Å². The number of aliphatic hydroxyl groups is 1. The first-order valence-corrected chi connectivity index (χ1v) is 4.72. The van der Waals surface area contributed by atoms with Crippen LogP contribution in [-0.2, 0) is 9.53 Å². The van der Waals surface area contributed by atoms with Crippen LogP contribution in [0, 0.1) is 0 Å². The first-order chi connectivity index (χ1) is 6.18. The molecule has 2 unspecified atom stereocenters. The van der Waals surface area contributed by atoms with E-state index in [1.165, 1.54) is 6.92 Å². The van der Waals surface area contributed by atoms with Crippen LogP contribution in [0.25, 0.3) is 0 Å². The summed E-state index contributed by atoms with van der Waals surface area (Å²) in [5.41, 5.74) is 0. The molecule has 0 aromatic carbocycles. The first-order valence-electron chi connectivity index (χ1n) is 4.72. The van der Waals surface area contributed by atoms with Gasteiger partial charge in [0.2, 0.25) is 0 Å². The zero-order valence-electron chi connectivity index (χ0n) is 7.90. The molecule has 0 spiro atoms. The molecule has 1 aliphatic rings. The predicted molar refractivity (Wildman–Crippen MR) is 49.2 cm³/mol. The van der Waals surface area contributed by atoms with E-state index >= 15 is 0 Å². The van der Waals surface area contributed by atoms with Gasteiger partial charge in [-0.25, -0.2) is 0 Å².